The van der Waals surface area contributed by atoms with Gasteiger partial charge in [0.1, 0.15) is 19.0 Å². The number of benzene rings is 1. The van der Waals surface area contributed by atoms with E-state index in [-0.39, 0.29) is 0 Å². The Hall–Kier alpha value is -1.55. The van der Waals surface area contributed by atoms with Crippen molar-refractivity contribution in [3.8, 4) is 11.5 Å². The Morgan fingerprint density at radius 2 is 2.00 bits per heavy atom. The topological polar surface area (TPSA) is 38.8 Å². The van der Waals surface area contributed by atoms with E-state index in [9.17, 15) is 4.79 Å². The molecular weight excluding hydrogens is 230 g/mol. The van der Waals surface area contributed by atoms with Crippen LogP contribution in [0.2, 0.25) is 0 Å². The molecule has 0 N–H and O–H groups in total. The van der Waals surface area contributed by atoms with Gasteiger partial charge in [0.15, 0.2) is 11.5 Å². The summed E-state index contributed by atoms with van der Waals surface area (Å²) in [4.78, 5) is 13.6. The maximum Gasteiger partial charge on any atom is 0.161 e. The van der Waals surface area contributed by atoms with E-state index < -0.39 is 0 Å². The maximum absolute atomic E-state index is 11.4. The van der Waals surface area contributed by atoms with Gasteiger partial charge in [-0.15, -0.1) is 0 Å². The molecule has 1 aromatic carbocycles. The number of hydrogen-bond acceptors (Lipinski definition) is 4. The number of piperidine rings is 1. The molecule has 4 heteroatoms. The number of carbonyl (C=O) groups is 1. The molecule has 1 aromatic rings. The van der Waals surface area contributed by atoms with Crippen molar-refractivity contribution in [3.05, 3.63) is 23.8 Å². The number of rotatable bonds is 2. The second kappa shape index (κ2) is 4.98. The fourth-order valence-corrected chi connectivity index (χ4v) is 2.49. The summed E-state index contributed by atoms with van der Waals surface area (Å²) in [5, 5.41) is 0. The molecule has 2 aliphatic rings. The highest BCUT2D eigenvalue weighted by atomic mass is 16.6. The smallest absolute Gasteiger partial charge is 0.161 e. The zero-order valence-electron chi connectivity index (χ0n) is 10.4. The van der Waals surface area contributed by atoms with Gasteiger partial charge in [0.2, 0.25) is 0 Å². The van der Waals surface area contributed by atoms with Crippen molar-refractivity contribution in [2.24, 2.45) is 0 Å². The van der Waals surface area contributed by atoms with Crippen LogP contribution in [0.4, 0.5) is 0 Å². The Kier molecular flexibility index (Phi) is 3.19. The van der Waals surface area contributed by atoms with Gasteiger partial charge in [-0.2, -0.15) is 0 Å². The summed E-state index contributed by atoms with van der Waals surface area (Å²) in [6, 6.07) is 6.02. The van der Waals surface area contributed by atoms with E-state index in [1.807, 2.05) is 18.2 Å². The van der Waals surface area contributed by atoms with Crippen molar-refractivity contribution in [2.75, 3.05) is 26.3 Å². The second-order valence-electron chi connectivity index (χ2n) is 4.83. The summed E-state index contributed by atoms with van der Waals surface area (Å²) < 4.78 is 11.1. The lowest BCUT2D eigenvalue weighted by atomic mass is 10.1. The molecule has 1 saturated heterocycles. The van der Waals surface area contributed by atoms with Gasteiger partial charge in [-0.05, 0) is 30.7 Å². The van der Waals surface area contributed by atoms with E-state index >= 15 is 0 Å². The average molecular weight is 247 g/mol. The summed E-state index contributed by atoms with van der Waals surface area (Å²) in [5.41, 5.74) is 1.17. The Balaban J connectivity index is 1.70. The zero-order valence-corrected chi connectivity index (χ0v) is 10.4. The normalized spacial score (nSPS) is 19.9. The van der Waals surface area contributed by atoms with Gasteiger partial charge in [0.05, 0.1) is 6.54 Å². The molecule has 0 radical (unpaired) electrons. The minimum atomic E-state index is 0.346. The van der Waals surface area contributed by atoms with Gasteiger partial charge in [0, 0.05) is 13.0 Å². The van der Waals surface area contributed by atoms with Crippen molar-refractivity contribution in [3.63, 3.8) is 0 Å². The SMILES string of the molecule is O=C1CCCN(Cc2ccc3c(c2)OCCO3)C1. The second-order valence-corrected chi connectivity index (χ2v) is 4.83. The molecule has 0 aliphatic carbocycles. The van der Waals surface area contributed by atoms with Crippen molar-refractivity contribution in [1.82, 2.24) is 4.90 Å². The van der Waals surface area contributed by atoms with E-state index in [1.165, 1.54) is 5.56 Å². The van der Waals surface area contributed by atoms with Crippen LogP contribution in [0.3, 0.4) is 0 Å². The number of ketones is 1. The third kappa shape index (κ3) is 2.48. The number of hydrogen-bond donors (Lipinski definition) is 0. The van der Waals surface area contributed by atoms with Crippen LogP contribution in [-0.2, 0) is 11.3 Å². The minimum absolute atomic E-state index is 0.346. The molecule has 0 saturated carbocycles. The molecule has 18 heavy (non-hydrogen) atoms. The number of likely N-dealkylation sites (tertiary alicyclic amines) is 1. The number of ether oxygens (including phenoxy) is 2. The molecule has 0 bridgehead atoms. The number of fused-ring (bicyclic) bond motifs is 1. The summed E-state index contributed by atoms with van der Waals surface area (Å²) in [5.74, 6) is 1.99. The van der Waals surface area contributed by atoms with Crippen molar-refractivity contribution >= 4 is 5.78 Å². The third-order valence-electron chi connectivity index (χ3n) is 3.34. The number of nitrogens with zero attached hydrogens (tertiary/aromatic N) is 1. The molecule has 0 aromatic heterocycles. The highest BCUT2D eigenvalue weighted by Crippen LogP contribution is 2.31. The van der Waals surface area contributed by atoms with Crippen LogP contribution in [0, 0.1) is 0 Å². The first kappa shape index (κ1) is 11.5. The van der Waals surface area contributed by atoms with Crippen LogP contribution >= 0.6 is 0 Å². The van der Waals surface area contributed by atoms with Crippen LogP contribution in [0.15, 0.2) is 18.2 Å². The first-order valence-electron chi connectivity index (χ1n) is 6.44. The predicted molar refractivity (Wildman–Crippen MR) is 67.0 cm³/mol. The molecule has 0 atom stereocenters. The average Bonchev–Trinajstić information content (AvgIpc) is 2.39. The summed E-state index contributed by atoms with van der Waals surface area (Å²) >= 11 is 0. The highest BCUT2D eigenvalue weighted by molar-refractivity contribution is 5.81. The maximum atomic E-state index is 11.4. The van der Waals surface area contributed by atoms with E-state index in [0.29, 0.717) is 25.5 Å². The van der Waals surface area contributed by atoms with Crippen molar-refractivity contribution in [1.29, 1.82) is 0 Å². The monoisotopic (exact) mass is 247 g/mol. The van der Waals surface area contributed by atoms with E-state index in [4.69, 9.17) is 9.47 Å². The summed E-state index contributed by atoms with van der Waals surface area (Å²) in [6.07, 6.45) is 1.71. The Bertz CT molecular complexity index is 458. The molecular formula is C14H17NO3. The van der Waals surface area contributed by atoms with Gasteiger partial charge in [0.25, 0.3) is 0 Å². The van der Waals surface area contributed by atoms with Gasteiger partial charge in [-0.3, -0.25) is 9.69 Å². The number of carbonyl (C=O) groups excluding carboxylic acids is 1. The quantitative estimate of drug-likeness (QED) is 0.796. The van der Waals surface area contributed by atoms with E-state index in [1.54, 1.807) is 0 Å². The zero-order chi connectivity index (χ0) is 12.4. The molecule has 0 spiro atoms. The van der Waals surface area contributed by atoms with Gasteiger partial charge < -0.3 is 9.47 Å². The summed E-state index contributed by atoms with van der Waals surface area (Å²) in [6.45, 7) is 3.61. The van der Waals surface area contributed by atoms with E-state index in [2.05, 4.69) is 4.90 Å². The molecule has 96 valence electrons. The van der Waals surface area contributed by atoms with Gasteiger partial charge >= 0.3 is 0 Å². The third-order valence-corrected chi connectivity index (χ3v) is 3.34. The highest BCUT2D eigenvalue weighted by Gasteiger charge is 2.18. The standard InChI is InChI=1S/C14H17NO3/c16-12-2-1-5-15(10-12)9-11-3-4-13-14(8-11)18-7-6-17-13/h3-4,8H,1-2,5-7,9-10H2. The van der Waals surface area contributed by atoms with Crippen LogP contribution in [-0.4, -0.2) is 37.0 Å². The Morgan fingerprint density at radius 1 is 1.17 bits per heavy atom. The van der Waals surface area contributed by atoms with Gasteiger partial charge in [-0.1, -0.05) is 6.07 Å². The fourth-order valence-electron chi connectivity index (χ4n) is 2.49. The number of Topliss-reactive ketones (excluding diaryl/α,β-unsaturated/α-hetero) is 1. The Labute approximate surface area is 106 Å². The summed E-state index contributed by atoms with van der Waals surface area (Å²) in [7, 11) is 0. The van der Waals surface area contributed by atoms with Crippen molar-refractivity contribution in [2.45, 2.75) is 19.4 Å². The van der Waals surface area contributed by atoms with Crippen LogP contribution in [0.1, 0.15) is 18.4 Å². The van der Waals surface area contributed by atoms with Crippen LogP contribution in [0.25, 0.3) is 0 Å². The lowest BCUT2D eigenvalue weighted by Gasteiger charge is -2.26. The molecule has 2 heterocycles. The van der Waals surface area contributed by atoms with Gasteiger partial charge in [-0.25, -0.2) is 0 Å². The Morgan fingerprint density at radius 3 is 2.83 bits per heavy atom. The molecule has 4 nitrogen and oxygen atoms in total. The fraction of sp³-hybridized carbons (Fsp3) is 0.500. The molecule has 3 rings (SSSR count). The first-order chi connectivity index (χ1) is 8.81. The van der Waals surface area contributed by atoms with Crippen LogP contribution < -0.4 is 9.47 Å². The molecule has 1 fully saturated rings. The van der Waals surface area contributed by atoms with Crippen molar-refractivity contribution < 1.29 is 14.3 Å². The first-order valence-corrected chi connectivity index (χ1v) is 6.44. The predicted octanol–water partition coefficient (Wildman–Crippen LogP) is 1.62. The largest absolute Gasteiger partial charge is 0.486 e. The minimum Gasteiger partial charge on any atom is -0.486 e. The lowest BCUT2D eigenvalue weighted by Crippen LogP contribution is -2.35. The molecule has 0 amide bonds. The van der Waals surface area contributed by atoms with E-state index in [0.717, 1.165) is 37.4 Å². The van der Waals surface area contributed by atoms with Crippen LogP contribution in [0.5, 0.6) is 11.5 Å². The molecule has 0 unspecified atom stereocenters. The lowest BCUT2D eigenvalue weighted by molar-refractivity contribution is -0.122. The molecule has 2 aliphatic heterocycles.